The normalized spacial score (nSPS) is 32.0. The van der Waals surface area contributed by atoms with E-state index < -0.39 is 56.5 Å². The zero-order chi connectivity index (χ0) is 31.6. The Hall–Kier alpha value is -2.67. The van der Waals surface area contributed by atoms with Gasteiger partial charge in [0.05, 0.1) is 0 Å². The lowest BCUT2D eigenvalue weighted by Gasteiger charge is -2.38. The Morgan fingerprint density at radius 3 is 2.47 bits per heavy atom. The quantitative estimate of drug-likeness (QED) is 0.453. The Morgan fingerprint density at radius 1 is 1.07 bits per heavy atom. The van der Waals surface area contributed by atoms with Crippen molar-refractivity contribution in [2.24, 2.45) is 11.7 Å². The maximum Gasteiger partial charge on any atom is 0.419 e. The van der Waals surface area contributed by atoms with Crippen LogP contribution in [0.15, 0.2) is 12.2 Å². The van der Waals surface area contributed by atoms with Gasteiger partial charge in [-0.1, -0.05) is 38.3 Å². The second kappa shape index (κ2) is 13.1. The minimum atomic E-state index is -3.91. The number of imide groups is 1. The first-order valence-corrected chi connectivity index (χ1v) is 17.3. The average molecular weight is 624 g/mol. The summed E-state index contributed by atoms with van der Waals surface area (Å²) in [4.78, 5) is 54.3. The van der Waals surface area contributed by atoms with Gasteiger partial charge < -0.3 is 20.7 Å². The molecule has 12 nitrogen and oxygen atoms in total. The van der Waals surface area contributed by atoms with E-state index >= 15 is 0 Å². The molecule has 13 heteroatoms. The van der Waals surface area contributed by atoms with Gasteiger partial charge in [-0.3, -0.25) is 9.59 Å². The van der Waals surface area contributed by atoms with Gasteiger partial charge in [-0.25, -0.2) is 22.9 Å². The van der Waals surface area contributed by atoms with Gasteiger partial charge in [-0.15, -0.1) is 0 Å². The summed E-state index contributed by atoms with van der Waals surface area (Å²) < 4.78 is 35.5. The van der Waals surface area contributed by atoms with Crippen LogP contribution in [0.25, 0.3) is 0 Å². The Labute approximate surface area is 255 Å². The highest BCUT2D eigenvalue weighted by atomic mass is 32.2. The number of amides is 5. The molecule has 43 heavy (non-hydrogen) atoms. The number of nitrogens with one attached hydrogen (secondary N) is 1. The van der Waals surface area contributed by atoms with Gasteiger partial charge in [0.2, 0.25) is 21.8 Å². The number of allylic oxidation sites excluding steroid dienone is 1. The summed E-state index contributed by atoms with van der Waals surface area (Å²) in [5.41, 5.74) is 4.71. The smallest absolute Gasteiger partial charge is 0.419 e. The number of sulfonamides is 1. The lowest BCUT2D eigenvalue weighted by molar-refractivity contribution is -0.142. The molecule has 3 fully saturated rings. The molecular formula is C30H49N5O7S. The summed E-state index contributed by atoms with van der Waals surface area (Å²) >= 11 is 0. The standard InChI is InChI=1S/C30H49N5O7S/c1-5-22-15-11-12-19-34(22)43(40,41)30-20-21(30)14-9-7-6-8-10-16-24(35(27(31)38)28(39)42-29(2,3)4)26(37)33-18-13-17-23(33)25(36)32-30/h9,14,21-24H,5-8,10-13,15-20H2,1-4H3,(H2,31,38)(H,32,36)/b14-9-. The fraction of sp³-hybridized carbons (Fsp3) is 0.800. The number of piperidine rings is 1. The van der Waals surface area contributed by atoms with Crippen LogP contribution in [0.2, 0.25) is 0 Å². The number of nitrogens with two attached hydrogens (primary N) is 1. The van der Waals surface area contributed by atoms with E-state index in [1.54, 1.807) is 25.1 Å². The molecule has 4 rings (SSSR count). The first kappa shape index (κ1) is 33.2. The summed E-state index contributed by atoms with van der Waals surface area (Å²) in [7, 11) is -3.91. The summed E-state index contributed by atoms with van der Waals surface area (Å²) in [5.74, 6) is -1.46. The van der Waals surface area contributed by atoms with Crippen molar-refractivity contribution in [1.82, 2.24) is 19.4 Å². The summed E-state index contributed by atoms with van der Waals surface area (Å²) in [5, 5.41) is 2.92. The van der Waals surface area contributed by atoms with Crippen molar-refractivity contribution in [2.75, 3.05) is 13.1 Å². The maximum absolute atomic E-state index is 14.3. The van der Waals surface area contributed by atoms with Crippen LogP contribution in [0.1, 0.15) is 105 Å². The number of ether oxygens (including phenoxy) is 1. The van der Waals surface area contributed by atoms with Crippen molar-refractivity contribution >= 4 is 34.0 Å². The SMILES string of the molecule is CCC1CCCCN1S(=O)(=O)C12CC1/C=C\CCCCCC(N(C(N)=O)C(=O)OC(C)(C)C)C(=O)N1CCCC1C(=O)N2. The van der Waals surface area contributed by atoms with E-state index in [0.29, 0.717) is 43.5 Å². The minimum absolute atomic E-state index is 0.107. The predicted molar refractivity (Wildman–Crippen MR) is 161 cm³/mol. The molecule has 5 atom stereocenters. The van der Waals surface area contributed by atoms with E-state index in [0.717, 1.165) is 32.1 Å². The van der Waals surface area contributed by atoms with Gasteiger partial charge in [0.1, 0.15) is 17.7 Å². The van der Waals surface area contributed by atoms with E-state index in [1.165, 1.54) is 4.90 Å². The molecule has 3 N–H and O–H groups in total. The number of urea groups is 1. The minimum Gasteiger partial charge on any atom is -0.443 e. The molecule has 2 saturated heterocycles. The summed E-state index contributed by atoms with van der Waals surface area (Å²) in [6, 6.07) is -3.39. The topological polar surface area (TPSA) is 159 Å². The van der Waals surface area contributed by atoms with Gasteiger partial charge in [0.15, 0.2) is 4.87 Å². The van der Waals surface area contributed by atoms with Crippen molar-refractivity contribution < 1.29 is 32.3 Å². The number of fused-ring (bicyclic) bond motifs is 2. The highest BCUT2D eigenvalue weighted by Crippen LogP contribution is 2.51. The molecular weight excluding hydrogens is 574 g/mol. The van der Waals surface area contributed by atoms with Gasteiger partial charge in [-0.2, -0.15) is 4.31 Å². The average Bonchev–Trinajstić information content (AvgIpc) is 3.40. The second-order valence-corrected chi connectivity index (χ2v) is 15.5. The number of primary amides is 1. The molecule has 0 radical (unpaired) electrons. The zero-order valence-corrected chi connectivity index (χ0v) is 26.9. The molecule has 0 aromatic rings. The molecule has 3 aliphatic heterocycles. The molecule has 242 valence electrons. The van der Waals surface area contributed by atoms with E-state index in [9.17, 15) is 27.6 Å². The molecule has 0 aromatic carbocycles. The van der Waals surface area contributed by atoms with Crippen molar-refractivity contribution in [3.8, 4) is 0 Å². The van der Waals surface area contributed by atoms with Gasteiger partial charge in [0.25, 0.3) is 0 Å². The summed E-state index contributed by atoms with van der Waals surface area (Å²) in [6.07, 6.45) is 10.1. The Balaban J connectivity index is 1.67. The van der Waals surface area contributed by atoms with Gasteiger partial charge >= 0.3 is 12.1 Å². The van der Waals surface area contributed by atoms with Crippen LogP contribution in [-0.2, 0) is 24.3 Å². The molecule has 0 aromatic heterocycles. The molecule has 5 amide bonds. The first-order chi connectivity index (χ1) is 20.2. The molecule has 5 unspecified atom stereocenters. The lowest BCUT2D eigenvalue weighted by atomic mass is 10.0. The number of rotatable bonds is 4. The molecule has 0 spiro atoms. The highest BCUT2D eigenvalue weighted by Gasteiger charge is 2.66. The van der Waals surface area contributed by atoms with Crippen LogP contribution < -0.4 is 11.1 Å². The number of carbonyl (C=O) groups excluding carboxylic acids is 4. The van der Waals surface area contributed by atoms with E-state index in [1.807, 2.05) is 19.1 Å². The fourth-order valence-electron chi connectivity index (χ4n) is 6.77. The fourth-order valence-corrected chi connectivity index (χ4v) is 9.29. The third-order valence-corrected chi connectivity index (χ3v) is 11.7. The number of hydrogen-bond acceptors (Lipinski definition) is 7. The van der Waals surface area contributed by atoms with E-state index in [4.69, 9.17) is 10.5 Å². The van der Waals surface area contributed by atoms with Crippen LogP contribution in [0.4, 0.5) is 9.59 Å². The number of carbonyl (C=O) groups is 4. The third kappa shape index (κ3) is 7.02. The Morgan fingerprint density at radius 2 is 1.79 bits per heavy atom. The zero-order valence-electron chi connectivity index (χ0n) is 26.0. The van der Waals surface area contributed by atoms with Crippen molar-refractivity contribution in [1.29, 1.82) is 0 Å². The number of hydrogen-bond donors (Lipinski definition) is 2. The second-order valence-electron chi connectivity index (χ2n) is 13.3. The van der Waals surface area contributed by atoms with Crippen molar-refractivity contribution in [3.63, 3.8) is 0 Å². The molecule has 1 saturated carbocycles. The largest absolute Gasteiger partial charge is 0.443 e. The molecule has 3 heterocycles. The maximum atomic E-state index is 14.3. The Bertz CT molecular complexity index is 1220. The van der Waals surface area contributed by atoms with E-state index in [-0.39, 0.29) is 31.3 Å². The van der Waals surface area contributed by atoms with Crippen LogP contribution in [0.3, 0.4) is 0 Å². The monoisotopic (exact) mass is 623 g/mol. The van der Waals surface area contributed by atoms with Crippen LogP contribution in [-0.4, -0.2) is 88.1 Å². The van der Waals surface area contributed by atoms with Gasteiger partial charge in [0, 0.05) is 25.0 Å². The molecule has 4 aliphatic rings. The third-order valence-electron chi connectivity index (χ3n) is 9.09. The lowest BCUT2D eigenvalue weighted by Crippen LogP contribution is -2.60. The van der Waals surface area contributed by atoms with Crippen molar-refractivity contribution in [3.05, 3.63) is 12.2 Å². The van der Waals surface area contributed by atoms with Crippen LogP contribution >= 0.6 is 0 Å². The number of nitrogens with zero attached hydrogens (tertiary/aromatic N) is 3. The summed E-state index contributed by atoms with van der Waals surface area (Å²) in [6.45, 7) is 7.61. The van der Waals surface area contributed by atoms with Gasteiger partial charge in [-0.05, 0) is 78.6 Å². The predicted octanol–water partition coefficient (Wildman–Crippen LogP) is 3.61. The first-order valence-electron chi connectivity index (χ1n) is 15.9. The molecule has 1 aliphatic carbocycles. The van der Waals surface area contributed by atoms with Crippen molar-refractivity contribution in [2.45, 2.75) is 133 Å². The highest BCUT2D eigenvalue weighted by molar-refractivity contribution is 7.90. The van der Waals surface area contributed by atoms with E-state index in [2.05, 4.69) is 5.32 Å². The van der Waals surface area contributed by atoms with Crippen LogP contribution in [0, 0.1) is 5.92 Å². The molecule has 0 bridgehead atoms. The Kier molecular flexibility index (Phi) is 10.1. The van der Waals surface area contributed by atoms with Crippen LogP contribution in [0.5, 0.6) is 0 Å².